The van der Waals surface area contributed by atoms with E-state index in [1.807, 2.05) is 17.5 Å². The van der Waals surface area contributed by atoms with Crippen molar-refractivity contribution in [1.82, 2.24) is 9.97 Å². The molecule has 4 nitrogen and oxygen atoms in total. The molecule has 0 aliphatic rings. The Balaban J connectivity index is 2.14. The number of hydrogen-bond acceptors (Lipinski definition) is 5. The predicted molar refractivity (Wildman–Crippen MR) is 56.7 cm³/mol. The Bertz CT molecular complexity index is 416. The monoisotopic (exact) mass is 207 g/mol. The van der Waals surface area contributed by atoms with E-state index in [1.165, 1.54) is 11.3 Å². The first-order chi connectivity index (χ1) is 6.74. The molecule has 0 atom stereocenters. The van der Waals surface area contributed by atoms with Crippen LogP contribution in [0.25, 0.3) is 12.2 Å². The lowest BCUT2D eigenvalue weighted by atomic mass is 10.3. The smallest absolute Gasteiger partial charge is 0.191 e. The molecule has 0 aliphatic carbocycles. The molecule has 2 aromatic rings. The van der Waals surface area contributed by atoms with Gasteiger partial charge in [-0.25, -0.2) is 9.97 Å². The maximum Gasteiger partial charge on any atom is 0.191 e. The molecule has 2 N–H and O–H groups in total. The summed E-state index contributed by atoms with van der Waals surface area (Å²) >= 11 is 1.42. The van der Waals surface area contributed by atoms with Crippen LogP contribution in [0, 0.1) is 6.92 Å². The summed E-state index contributed by atoms with van der Waals surface area (Å²) in [6, 6.07) is 0. The van der Waals surface area contributed by atoms with Crippen LogP contribution in [0.1, 0.15) is 17.3 Å². The zero-order valence-electron chi connectivity index (χ0n) is 7.60. The van der Waals surface area contributed by atoms with Crippen LogP contribution in [0.2, 0.25) is 0 Å². The van der Waals surface area contributed by atoms with Gasteiger partial charge in [-0.15, -0.1) is 11.3 Å². The van der Waals surface area contributed by atoms with Gasteiger partial charge in [-0.3, -0.25) is 0 Å². The minimum absolute atomic E-state index is 0.570. The minimum atomic E-state index is 0.570. The van der Waals surface area contributed by atoms with Crippen molar-refractivity contribution in [1.29, 1.82) is 0 Å². The molecule has 2 heterocycles. The Morgan fingerprint density at radius 1 is 1.36 bits per heavy atom. The van der Waals surface area contributed by atoms with Crippen molar-refractivity contribution in [2.24, 2.45) is 0 Å². The van der Waals surface area contributed by atoms with E-state index in [9.17, 15) is 0 Å². The molecule has 5 heteroatoms. The largest absolute Gasteiger partial charge is 0.449 e. The molecule has 0 aromatic carbocycles. The number of nitrogens with two attached hydrogens (primary N) is 1. The first-order valence-corrected chi connectivity index (χ1v) is 4.93. The normalized spacial score (nSPS) is 11.2. The SMILES string of the molecule is Cc1nc(/C=C/c2csc(N)n2)co1. The molecule has 72 valence electrons. The third-order valence-corrected chi connectivity index (χ3v) is 2.29. The molecule has 0 unspecified atom stereocenters. The maximum atomic E-state index is 5.49. The molecular formula is C9H9N3OS. The van der Waals surface area contributed by atoms with Crippen LogP contribution in [0.5, 0.6) is 0 Å². The molecule has 0 fully saturated rings. The molecule has 0 amide bonds. The minimum Gasteiger partial charge on any atom is -0.449 e. The van der Waals surface area contributed by atoms with Crippen LogP contribution in [0.15, 0.2) is 16.1 Å². The maximum absolute atomic E-state index is 5.49. The van der Waals surface area contributed by atoms with E-state index in [0.29, 0.717) is 11.0 Å². The van der Waals surface area contributed by atoms with Crippen LogP contribution in [-0.2, 0) is 0 Å². The second kappa shape index (κ2) is 3.63. The first kappa shape index (κ1) is 8.96. The van der Waals surface area contributed by atoms with Gasteiger partial charge in [0.05, 0.1) is 5.69 Å². The molecule has 2 rings (SSSR count). The van der Waals surface area contributed by atoms with E-state index in [4.69, 9.17) is 10.2 Å². The summed E-state index contributed by atoms with van der Waals surface area (Å²) in [5.41, 5.74) is 7.12. The van der Waals surface area contributed by atoms with E-state index in [0.717, 1.165) is 11.4 Å². The number of anilines is 1. The summed E-state index contributed by atoms with van der Waals surface area (Å²) in [4.78, 5) is 8.21. The molecule has 0 radical (unpaired) electrons. The zero-order chi connectivity index (χ0) is 9.97. The fourth-order valence-corrected chi connectivity index (χ4v) is 1.54. The van der Waals surface area contributed by atoms with Gasteiger partial charge in [-0.2, -0.15) is 0 Å². The number of hydrogen-bond donors (Lipinski definition) is 1. The average Bonchev–Trinajstić information content (AvgIpc) is 2.72. The van der Waals surface area contributed by atoms with E-state index in [2.05, 4.69) is 9.97 Å². The summed E-state index contributed by atoms with van der Waals surface area (Å²) in [7, 11) is 0. The highest BCUT2D eigenvalue weighted by atomic mass is 32.1. The van der Waals surface area contributed by atoms with Crippen molar-refractivity contribution in [3.8, 4) is 0 Å². The predicted octanol–water partition coefficient (Wildman–Crippen LogP) is 2.19. The van der Waals surface area contributed by atoms with Gasteiger partial charge in [0.1, 0.15) is 12.0 Å². The van der Waals surface area contributed by atoms with Crippen molar-refractivity contribution in [3.05, 3.63) is 28.9 Å². The van der Waals surface area contributed by atoms with Crippen LogP contribution in [-0.4, -0.2) is 9.97 Å². The number of nitrogens with zero attached hydrogens (tertiary/aromatic N) is 2. The Morgan fingerprint density at radius 3 is 2.71 bits per heavy atom. The summed E-state index contributed by atoms with van der Waals surface area (Å²) in [6.07, 6.45) is 5.29. The molecular weight excluding hydrogens is 198 g/mol. The highest BCUT2D eigenvalue weighted by molar-refractivity contribution is 7.13. The van der Waals surface area contributed by atoms with Crippen molar-refractivity contribution in [3.63, 3.8) is 0 Å². The highest BCUT2D eigenvalue weighted by Crippen LogP contribution is 2.13. The average molecular weight is 207 g/mol. The van der Waals surface area contributed by atoms with Crippen molar-refractivity contribution in [2.75, 3.05) is 5.73 Å². The lowest BCUT2D eigenvalue weighted by Gasteiger charge is -1.81. The number of oxazole rings is 1. The molecule has 2 aromatic heterocycles. The van der Waals surface area contributed by atoms with Crippen LogP contribution in [0.3, 0.4) is 0 Å². The van der Waals surface area contributed by atoms with E-state index < -0.39 is 0 Å². The second-order valence-corrected chi connectivity index (χ2v) is 3.63. The van der Waals surface area contributed by atoms with E-state index >= 15 is 0 Å². The number of rotatable bonds is 2. The number of thiazole rings is 1. The number of aromatic nitrogens is 2. The topological polar surface area (TPSA) is 64.9 Å². The zero-order valence-corrected chi connectivity index (χ0v) is 8.41. The van der Waals surface area contributed by atoms with E-state index in [-0.39, 0.29) is 0 Å². The number of nitrogen functional groups attached to an aromatic ring is 1. The summed E-state index contributed by atoms with van der Waals surface area (Å²) in [6.45, 7) is 1.80. The first-order valence-electron chi connectivity index (χ1n) is 4.05. The molecule has 0 aliphatic heterocycles. The van der Waals surface area contributed by atoms with Gasteiger partial charge >= 0.3 is 0 Å². The molecule has 0 bridgehead atoms. The third kappa shape index (κ3) is 2.00. The van der Waals surface area contributed by atoms with Crippen molar-refractivity contribution < 1.29 is 4.42 Å². The van der Waals surface area contributed by atoms with Crippen LogP contribution in [0.4, 0.5) is 5.13 Å². The Hall–Kier alpha value is -1.62. The van der Waals surface area contributed by atoms with Crippen molar-refractivity contribution in [2.45, 2.75) is 6.92 Å². The second-order valence-electron chi connectivity index (χ2n) is 2.74. The molecule has 0 saturated heterocycles. The summed E-state index contributed by atoms with van der Waals surface area (Å²) < 4.78 is 5.05. The lowest BCUT2D eigenvalue weighted by molar-refractivity contribution is 0.521. The quantitative estimate of drug-likeness (QED) is 0.819. The van der Waals surface area contributed by atoms with Gasteiger partial charge in [0.15, 0.2) is 11.0 Å². The summed E-state index contributed by atoms with van der Waals surface area (Å²) in [5, 5.41) is 2.46. The van der Waals surface area contributed by atoms with Crippen LogP contribution >= 0.6 is 11.3 Å². The van der Waals surface area contributed by atoms with Crippen molar-refractivity contribution >= 4 is 28.6 Å². The third-order valence-electron chi connectivity index (χ3n) is 1.60. The molecule has 0 spiro atoms. The Labute approximate surface area is 85.1 Å². The van der Waals surface area contributed by atoms with E-state index in [1.54, 1.807) is 13.2 Å². The molecule has 14 heavy (non-hydrogen) atoms. The number of aryl methyl sites for hydroxylation is 1. The van der Waals surface area contributed by atoms with Gasteiger partial charge < -0.3 is 10.2 Å². The fourth-order valence-electron chi connectivity index (χ4n) is 1.00. The highest BCUT2D eigenvalue weighted by Gasteiger charge is 1.96. The van der Waals surface area contributed by atoms with Gasteiger partial charge in [0.25, 0.3) is 0 Å². The van der Waals surface area contributed by atoms with Gasteiger partial charge in [-0.05, 0) is 12.2 Å². The van der Waals surface area contributed by atoms with Gasteiger partial charge in [0.2, 0.25) is 0 Å². The lowest BCUT2D eigenvalue weighted by Crippen LogP contribution is -1.81. The molecule has 0 saturated carbocycles. The Kier molecular flexibility index (Phi) is 2.32. The fraction of sp³-hybridized carbons (Fsp3) is 0.111. The van der Waals surface area contributed by atoms with Crippen LogP contribution < -0.4 is 5.73 Å². The van der Waals surface area contributed by atoms with Gasteiger partial charge in [0, 0.05) is 12.3 Å². The standard InChI is InChI=1S/C9H9N3OS/c1-6-11-7(4-13-6)2-3-8-5-14-9(10)12-8/h2-5H,1H3,(H2,10,12)/b3-2+. The summed E-state index contributed by atoms with van der Waals surface area (Å²) in [5.74, 6) is 0.655. The Morgan fingerprint density at radius 2 is 2.14 bits per heavy atom. The van der Waals surface area contributed by atoms with Gasteiger partial charge in [-0.1, -0.05) is 0 Å².